The quantitative estimate of drug-likeness (QED) is 0.767. The highest BCUT2D eigenvalue weighted by atomic mass is 16.6. The lowest BCUT2D eigenvalue weighted by Crippen LogP contribution is -2.30. The zero-order valence-corrected chi connectivity index (χ0v) is 14.3. The van der Waals surface area contributed by atoms with Crippen LogP contribution in [0.2, 0.25) is 0 Å². The molecule has 1 heterocycles. The minimum absolute atomic E-state index is 0.270. The standard InChI is InChI=1S/C19H19N3O3/c1-12-9-10-16(11-13(12)2)24-14(3)19(23)20-18-17(21-25-22-18)15-7-5-4-6-8-15/h4-11,14H,1-3H3,(H,20,22,23). The number of amides is 1. The minimum Gasteiger partial charge on any atom is -0.481 e. The topological polar surface area (TPSA) is 77.2 Å². The van der Waals surface area contributed by atoms with Crippen molar-refractivity contribution in [1.82, 2.24) is 10.3 Å². The first-order valence-corrected chi connectivity index (χ1v) is 7.97. The average molecular weight is 337 g/mol. The van der Waals surface area contributed by atoms with Crippen molar-refractivity contribution in [3.63, 3.8) is 0 Å². The van der Waals surface area contributed by atoms with Gasteiger partial charge in [0.25, 0.3) is 5.91 Å². The predicted molar refractivity (Wildman–Crippen MR) is 94.4 cm³/mol. The molecule has 0 saturated carbocycles. The molecule has 1 amide bonds. The first-order valence-electron chi connectivity index (χ1n) is 7.97. The van der Waals surface area contributed by atoms with Gasteiger partial charge in [-0.05, 0) is 54.3 Å². The van der Waals surface area contributed by atoms with Crippen LogP contribution in [-0.2, 0) is 4.79 Å². The minimum atomic E-state index is -0.692. The van der Waals surface area contributed by atoms with Crippen LogP contribution in [0.25, 0.3) is 11.3 Å². The van der Waals surface area contributed by atoms with Crippen LogP contribution in [0.5, 0.6) is 5.75 Å². The summed E-state index contributed by atoms with van der Waals surface area (Å²) in [5.74, 6) is 0.588. The molecule has 0 aliphatic heterocycles. The third-order valence-corrected chi connectivity index (χ3v) is 3.94. The molecule has 1 atom stereocenters. The molecule has 25 heavy (non-hydrogen) atoms. The number of ether oxygens (including phenoxy) is 1. The second kappa shape index (κ2) is 7.17. The fourth-order valence-corrected chi connectivity index (χ4v) is 2.32. The maximum atomic E-state index is 12.4. The molecule has 0 aliphatic rings. The Kier molecular flexibility index (Phi) is 4.79. The van der Waals surface area contributed by atoms with E-state index in [1.165, 1.54) is 5.56 Å². The number of rotatable bonds is 5. The summed E-state index contributed by atoms with van der Waals surface area (Å²) in [6, 6.07) is 15.1. The van der Waals surface area contributed by atoms with Gasteiger partial charge >= 0.3 is 0 Å². The van der Waals surface area contributed by atoms with E-state index in [4.69, 9.17) is 9.37 Å². The van der Waals surface area contributed by atoms with Gasteiger partial charge in [-0.25, -0.2) is 4.63 Å². The number of anilines is 1. The van der Waals surface area contributed by atoms with Gasteiger partial charge in [-0.15, -0.1) is 0 Å². The molecule has 0 radical (unpaired) electrons. The number of nitrogens with one attached hydrogen (secondary N) is 1. The van der Waals surface area contributed by atoms with Crippen LogP contribution >= 0.6 is 0 Å². The van der Waals surface area contributed by atoms with Gasteiger partial charge in [0.05, 0.1) is 0 Å². The number of benzene rings is 2. The molecular weight excluding hydrogens is 318 g/mol. The van der Waals surface area contributed by atoms with Crippen LogP contribution in [-0.4, -0.2) is 22.3 Å². The Morgan fingerprint density at radius 1 is 1.08 bits per heavy atom. The van der Waals surface area contributed by atoms with Gasteiger partial charge in [0.2, 0.25) is 5.82 Å². The van der Waals surface area contributed by atoms with Crippen molar-refractivity contribution in [3.8, 4) is 17.0 Å². The Hall–Kier alpha value is -3.15. The van der Waals surface area contributed by atoms with E-state index in [0.717, 1.165) is 11.1 Å². The van der Waals surface area contributed by atoms with Gasteiger partial charge in [-0.1, -0.05) is 36.4 Å². The van der Waals surface area contributed by atoms with E-state index in [0.29, 0.717) is 11.4 Å². The lowest BCUT2D eigenvalue weighted by molar-refractivity contribution is -0.122. The van der Waals surface area contributed by atoms with Gasteiger partial charge < -0.3 is 10.1 Å². The molecule has 1 aromatic heterocycles. The van der Waals surface area contributed by atoms with Crippen LogP contribution in [0.1, 0.15) is 18.1 Å². The maximum Gasteiger partial charge on any atom is 0.266 e. The first kappa shape index (κ1) is 16.7. The van der Waals surface area contributed by atoms with Gasteiger partial charge in [0.1, 0.15) is 5.75 Å². The summed E-state index contributed by atoms with van der Waals surface area (Å²) in [5, 5.41) is 10.3. The van der Waals surface area contributed by atoms with E-state index < -0.39 is 6.10 Å². The molecule has 0 bridgehead atoms. The number of hydrogen-bond donors (Lipinski definition) is 1. The molecule has 6 heteroatoms. The zero-order valence-electron chi connectivity index (χ0n) is 14.3. The van der Waals surface area contributed by atoms with Crippen molar-refractivity contribution >= 4 is 11.7 Å². The number of aryl methyl sites for hydroxylation is 2. The number of carbonyl (C=O) groups excluding carboxylic acids is 1. The third-order valence-electron chi connectivity index (χ3n) is 3.94. The number of nitrogens with zero attached hydrogens (tertiary/aromatic N) is 2. The Bertz CT molecular complexity index is 875. The molecule has 0 aliphatic carbocycles. The predicted octanol–water partition coefficient (Wildman–Crippen LogP) is 3.76. The van der Waals surface area contributed by atoms with Gasteiger partial charge in [-0.3, -0.25) is 4.79 Å². The van der Waals surface area contributed by atoms with E-state index in [9.17, 15) is 4.79 Å². The summed E-state index contributed by atoms with van der Waals surface area (Å²) >= 11 is 0. The van der Waals surface area contributed by atoms with Crippen molar-refractivity contribution < 1.29 is 14.2 Å². The molecule has 0 spiro atoms. The fourth-order valence-electron chi connectivity index (χ4n) is 2.32. The van der Waals surface area contributed by atoms with Crippen LogP contribution < -0.4 is 10.1 Å². The summed E-state index contributed by atoms with van der Waals surface area (Å²) in [5.41, 5.74) is 3.57. The highest BCUT2D eigenvalue weighted by molar-refractivity contribution is 5.95. The van der Waals surface area contributed by atoms with E-state index in [-0.39, 0.29) is 11.7 Å². The molecule has 6 nitrogen and oxygen atoms in total. The second-order valence-electron chi connectivity index (χ2n) is 5.82. The number of hydrogen-bond acceptors (Lipinski definition) is 5. The highest BCUT2D eigenvalue weighted by Gasteiger charge is 2.20. The summed E-state index contributed by atoms with van der Waals surface area (Å²) in [6.45, 7) is 5.71. The summed E-state index contributed by atoms with van der Waals surface area (Å²) in [6.07, 6.45) is -0.692. The van der Waals surface area contributed by atoms with Gasteiger partial charge in [0.15, 0.2) is 11.8 Å². The molecule has 128 valence electrons. The van der Waals surface area contributed by atoms with Crippen molar-refractivity contribution in [2.24, 2.45) is 0 Å². The monoisotopic (exact) mass is 337 g/mol. The van der Waals surface area contributed by atoms with Crippen molar-refractivity contribution in [3.05, 3.63) is 59.7 Å². The van der Waals surface area contributed by atoms with Crippen LogP contribution in [0, 0.1) is 13.8 Å². The van der Waals surface area contributed by atoms with Crippen molar-refractivity contribution in [2.45, 2.75) is 26.9 Å². The molecule has 0 saturated heterocycles. The Balaban J connectivity index is 1.70. The van der Waals surface area contributed by atoms with E-state index in [1.54, 1.807) is 6.92 Å². The average Bonchev–Trinajstić information content (AvgIpc) is 3.07. The van der Waals surface area contributed by atoms with Gasteiger partial charge in [0, 0.05) is 5.56 Å². The van der Waals surface area contributed by atoms with Gasteiger partial charge in [-0.2, -0.15) is 0 Å². The number of aromatic nitrogens is 2. The van der Waals surface area contributed by atoms with Crippen LogP contribution in [0.3, 0.4) is 0 Å². The molecule has 3 rings (SSSR count). The highest BCUT2D eigenvalue weighted by Crippen LogP contribution is 2.24. The largest absolute Gasteiger partial charge is 0.481 e. The Morgan fingerprint density at radius 2 is 1.84 bits per heavy atom. The summed E-state index contributed by atoms with van der Waals surface area (Å²) < 4.78 is 10.5. The zero-order chi connectivity index (χ0) is 17.8. The maximum absolute atomic E-state index is 12.4. The first-order chi connectivity index (χ1) is 12.0. The Morgan fingerprint density at radius 3 is 2.56 bits per heavy atom. The van der Waals surface area contributed by atoms with E-state index in [2.05, 4.69) is 15.6 Å². The third kappa shape index (κ3) is 3.85. The lowest BCUT2D eigenvalue weighted by Gasteiger charge is -2.15. The molecular formula is C19H19N3O3. The van der Waals surface area contributed by atoms with Crippen LogP contribution in [0.4, 0.5) is 5.82 Å². The Labute approximate surface area is 145 Å². The lowest BCUT2D eigenvalue weighted by atomic mass is 10.1. The molecule has 1 N–H and O–H groups in total. The molecule has 2 aromatic carbocycles. The molecule has 3 aromatic rings. The normalized spacial score (nSPS) is 11.8. The second-order valence-corrected chi connectivity index (χ2v) is 5.82. The molecule has 1 unspecified atom stereocenters. The van der Waals surface area contributed by atoms with E-state index in [1.807, 2.05) is 62.4 Å². The number of carbonyl (C=O) groups is 1. The van der Waals surface area contributed by atoms with Crippen LogP contribution in [0.15, 0.2) is 53.2 Å². The van der Waals surface area contributed by atoms with Crippen molar-refractivity contribution in [2.75, 3.05) is 5.32 Å². The fraction of sp³-hybridized carbons (Fsp3) is 0.211. The molecule has 0 fully saturated rings. The smallest absolute Gasteiger partial charge is 0.266 e. The van der Waals surface area contributed by atoms with Crippen molar-refractivity contribution in [1.29, 1.82) is 0 Å². The summed E-state index contributed by atoms with van der Waals surface area (Å²) in [4.78, 5) is 12.4. The SMILES string of the molecule is Cc1ccc(OC(C)C(=O)Nc2nonc2-c2ccccc2)cc1C. The van der Waals surface area contributed by atoms with E-state index >= 15 is 0 Å². The summed E-state index contributed by atoms with van der Waals surface area (Å²) in [7, 11) is 0.